The molecule has 0 saturated carbocycles. The van der Waals surface area contributed by atoms with E-state index in [4.69, 9.17) is 4.74 Å². The topological polar surface area (TPSA) is 109 Å². The number of sulfone groups is 1. The zero-order chi connectivity index (χ0) is 23.3. The van der Waals surface area contributed by atoms with Crippen LogP contribution in [0.3, 0.4) is 0 Å². The van der Waals surface area contributed by atoms with Gasteiger partial charge in [-0.05, 0) is 48.0 Å². The molecule has 2 amide bonds. The lowest BCUT2D eigenvalue weighted by Gasteiger charge is -2.13. The van der Waals surface area contributed by atoms with Gasteiger partial charge < -0.3 is 15.4 Å². The Kier molecular flexibility index (Phi) is 6.93. The van der Waals surface area contributed by atoms with Gasteiger partial charge in [-0.2, -0.15) is 0 Å². The van der Waals surface area contributed by atoms with Gasteiger partial charge in [0.2, 0.25) is 9.84 Å². The molecule has 0 spiro atoms. The van der Waals surface area contributed by atoms with E-state index in [0.717, 1.165) is 18.7 Å². The molecule has 1 fully saturated rings. The Balaban J connectivity index is 1.50. The standard InChI is InChI=1S/C24H26N4O4S/c1-32-20-10-6-18(7-11-20)22-4-2-3-5-23(22)33(30,31)21-12-8-19(9-13-21)28-24(29)25-14-17-15-26-27-16-17/h2-13,17,26-27H,14-16H2,1H3,(H2,25,28,29). The number of ether oxygens (including phenoxy) is 1. The first-order chi connectivity index (χ1) is 16.0. The Morgan fingerprint density at radius 1 is 0.970 bits per heavy atom. The van der Waals surface area contributed by atoms with Crippen LogP contribution in [0.25, 0.3) is 11.1 Å². The Labute approximate surface area is 193 Å². The fourth-order valence-electron chi connectivity index (χ4n) is 3.62. The van der Waals surface area contributed by atoms with Crippen LogP contribution >= 0.6 is 0 Å². The van der Waals surface area contributed by atoms with Gasteiger partial charge in [-0.25, -0.2) is 13.2 Å². The average Bonchev–Trinajstić information content (AvgIpc) is 3.37. The van der Waals surface area contributed by atoms with Crippen LogP contribution in [0.5, 0.6) is 5.75 Å². The third-order valence-corrected chi connectivity index (χ3v) is 7.29. The number of carbonyl (C=O) groups is 1. The Bertz CT molecular complexity index is 1210. The van der Waals surface area contributed by atoms with Crippen LogP contribution in [0.2, 0.25) is 0 Å². The lowest BCUT2D eigenvalue weighted by atomic mass is 10.1. The normalized spacial score (nSPS) is 14.1. The quantitative estimate of drug-likeness (QED) is 0.426. The van der Waals surface area contributed by atoms with Crippen molar-refractivity contribution in [2.45, 2.75) is 9.79 Å². The molecule has 4 N–H and O–H groups in total. The van der Waals surface area contributed by atoms with Gasteiger partial charge in [0.15, 0.2) is 0 Å². The Hall–Kier alpha value is -3.40. The summed E-state index contributed by atoms with van der Waals surface area (Å²) in [6, 6.07) is 20.0. The lowest BCUT2D eigenvalue weighted by Crippen LogP contribution is -2.34. The van der Waals surface area contributed by atoms with E-state index in [0.29, 0.717) is 29.5 Å². The first kappa shape index (κ1) is 22.8. The summed E-state index contributed by atoms with van der Waals surface area (Å²) < 4.78 is 32.0. The number of hydrogen-bond acceptors (Lipinski definition) is 6. The molecule has 0 aromatic heterocycles. The molecule has 9 heteroatoms. The molecule has 0 radical (unpaired) electrons. The van der Waals surface area contributed by atoms with Crippen molar-refractivity contribution in [2.24, 2.45) is 5.92 Å². The molecule has 4 rings (SSSR count). The first-order valence-electron chi connectivity index (χ1n) is 10.6. The largest absolute Gasteiger partial charge is 0.497 e. The molecule has 0 aliphatic carbocycles. The molecule has 33 heavy (non-hydrogen) atoms. The fourth-order valence-corrected chi connectivity index (χ4v) is 5.10. The maximum absolute atomic E-state index is 13.4. The van der Waals surface area contributed by atoms with Crippen molar-refractivity contribution in [2.75, 3.05) is 32.1 Å². The maximum atomic E-state index is 13.4. The van der Waals surface area contributed by atoms with Gasteiger partial charge in [0.25, 0.3) is 0 Å². The Morgan fingerprint density at radius 3 is 2.30 bits per heavy atom. The highest BCUT2D eigenvalue weighted by Crippen LogP contribution is 2.32. The summed E-state index contributed by atoms with van der Waals surface area (Å²) in [6.07, 6.45) is 0. The molecule has 172 valence electrons. The van der Waals surface area contributed by atoms with E-state index in [9.17, 15) is 13.2 Å². The van der Waals surface area contributed by atoms with Crippen LogP contribution < -0.4 is 26.2 Å². The van der Waals surface area contributed by atoms with Crippen LogP contribution in [-0.2, 0) is 9.84 Å². The highest BCUT2D eigenvalue weighted by molar-refractivity contribution is 7.91. The number of hydrazine groups is 1. The van der Waals surface area contributed by atoms with Crippen molar-refractivity contribution in [1.82, 2.24) is 16.2 Å². The van der Waals surface area contributed by atoms with Crippen LogP contribution in [0, 0.1) is 5.92 Å². The molecular weight excluding hydrogens is 440 g/mol. The van der Waals surface area contributed by atoms with Crippen molar-refractivity contribution in [1.29, 1.82) is 0 Å². The van der Waals surface area contributed by atoms with E-state index in [-0.39, 0.29) is 15.8 Å². The minimum absolute atomic E-state index is 0.150. The third-order valence-electron chi connectivity index (χ3n) is 5.46. The summed E-state index contributed by atoms with van der Waals surface area (Å²) in [5.74, 6) is 1.02. The molecule has 3 aromatic rings. The van der Waals surface area contributed by atoms with Crippen molar-refractivity contribution in [3.8, 4) is 16.9 Å². The number of methoxy groups -OCH3 is 1. The number of urea groups is 1. The zero-order valence-corrected chi connectivity index (χ0v) is 19.0. The maximum Gasteiger partial charge on any atom is 0.319 e. The molecule has 1 aliphatic heterocycles. The molecular formula is C24H26N4O4S. The number of amides is 2. The summed E-state index contributed by atoms with van der Waals surface area (Å²) in [5.41, 5.74) is 7.93. The van der Waals surface area contributed by atoms with E-state index >= 15 is 0 Å². The first-order valence-corrected chi connectivity index (χ1v) is 12.0. The van der Waals surface area contributed by atoms with Gasteiger partial charge in [-0.3, -0.25) is 10.9 Å². The van der Waals surface area contributed by atoms with Gasteiger partial charge in [-0.15, -0.1) is 0 Å². The second-order valence-corrected chi connectivity index (χ2v) is 9.63. The van der Waals surface area contributed by atoms with Crippen LogP contribution in [0.4, 0.5) is 10.5 Å². The van der Waals surface area contributed by atoms with Gasteiger partial charge in [-0.1, -0.05) is 30.3 Å². The lowest BCUT2D eigenvalue weighted by molar-refractivity contribution is 0.250. The SMILES string of the molecule is COc1ccc(-c2ccccc2S(=O)(=O)c2ccc(NC(=O)NCC3CNNC3)cc2)cc1. The van der Waals surface area contributed by atoms with E-state index in [2.05, 4.69) is 21.5 Å². The smallest absolute Gasteiger partial charge is 0.319 e. The van der Waals surface area contributed by atoms with Crippen molar-refractivity contribution in [3.05, 3.63) is 72.8 Å². The number of carbonyl (C=O) groups excluding carboxylic acids is 1. The highest BCUT2D eigenvalue weighted by atomic mass is 32.2. The fraction of sp³-hybridized carbons (Fsp3) is 0.208. The van der Waals surface area contributed by atoms with E-state index in [1.807, 2.05) is 18.2 Å². The number of benzene rings is 3. The zero-order valence-electron chi connectivity index (χ0n) is 18.2. The second-order valence-electron chi connectivity index (χ2n) is 7.72. The molecule has 8 nitrogen and oxygen atoms in total. The third kappa shape index (κ3) is 5.33. The van der Waals surface area contributed by atoms with Gasteiger partial charge in [0.05, 0.1) is 16.9 Å². The summed E-state index contributed by atoms with van der Waals surface area (Å²) >= 11 is 0. The predicted octanol–water partition coefficient (Wildman–Crippen LogP) is 3.04. The minimum Gasteiger partial charge on any atom is -0.497 e. The van der Waals surface area contributed by atoms with Gasteiger partial charge in [0, 0.05) is 36.8 Å². The number of hydrogen-bond donors (Lipinski definition) is 4. The Morgan fingerprint density at radius 2 is 1.64 bits per heavy atom. The number of nitrogens with one attached hydrogen (secondary N) is 4. The van der Waals surface area contributed by atoms with Crippen LogP contribution in [0.15, 0.2) is 82.6 Å². The average molecular weight is 467 g/mol. The summed E-state index contributed by atoms with van der Waals surface area (Å²) in [6.45, 7) is 2.14. The van der Waals surface area contributed by atoms with Gasteiger partial charge >= 0.3 is 6.03 Å². The van der Waals surface area contributed by atoms with E-state index < -0.39 is 9.84 Å². The number of anilines is 1. The van der Waals surface area contributed by atoms with Crippen molar-refractivity contribution >= 4 is 21.6 Å². The summed E-state index contributed by atoms with van der Waals surface area (Å²) in [4.78, 5) is 12.5. The van der Waals surface area contributed by atoms with E-state index in [1.165, 1.54) is 12.1 Å². The molecule has 0 unspecified atom stereocenters. The van der Waals surface area contributed by atoms with Crippen molar-refractivity contribution < 1.29 is 17.9 Å². The molecule has 1 saturated heterocycles. The van der Waals surface area contributed by atoms with Crippen LogP contribution in [-0.4, -0.2) is 41.2 Å². The highest BCUT2D eigenvalue weighted by Gasteiger charge is 2.22. The van der Waals surface area contributed by atoms with Gasteiger partial charge in [0.1, 0.15) is 5.75 Å². The summed E-state index contributed by atoms with van der Waals surface area (Å²) in [5, 5.41) is 5.56. The molecule has 0 atom stereocenters. The minimum atomic E-state index is -3.77. The van der Waals surface area contributed by atoms with E-state index in [1.54, 1.807) is 49.6 Å². The molecule has 0 bridgehead atoms. The molecule has 1 heterocycles. The molecule has 1 aliphatic rings. The second kappa shape index (κ2) is 10.0. The van der Waals surface area contributed by atoms with Crippen LogP contribution in [0.1, 0.15) is 0 Å². The van der Waals surface area contributed by atoms with Crippen molar-refractivity contribution in [3.63, 3.8) is 0 Å². The predicted molar refractivity (Wildman–Crippen MR) is 127 cm³/mol. The summed E-state index contributed by atoms with van der Waals surface area (Å²) in [7, 11) is -2.19. The molecule has 3 aromatic carbocycles. The monoisotopic (exact) mass is 466 g/mol. The number of rotatable bonds is 7.